The van der Waals surface area contributed by atoms with Crippen molar-refractivity contribution in [2.75, 3.05) is 32.8 Å². The van der Waals surface area contributed by atoms with Crippen LogP contribution >= 0.6 is 15.9 Å². The van der Waals surface area contributed by atoms with Gasteiger partial charge in [0.2, 0.25) is 5.91 Å². The van der Waals surface area contributed by atoms with E-state index in [1.54, 1.807) is 0 Å². The van der Waals surface area contributed by atoms with Gasteiger partial charge >= 0.3 is 0 Å². The van der Waals surface area contributed by atoms with Crippen molar-refractivity contribution in [1.29, 1.82) is 0 Å². The van der Waals surface area contributed by atoms with Crippen LogP contribution in [-0.4, -0.2) is 54.5 Å². The van der Waals surface area contributed by atoms with E-state index in [1.807, 2.05) is 29.2 Å². The van der Waals surface area contributed by atoms with E-state index in [1.165, 1.54) is 25.7 Å². The number of nitrogens with zero attached hydrogens (tertiary/aromatic N) is 2. The number of rotatable bonds is 6. The lowest BCUT2D eigenvalue weighted by Crippen LogP contribution is -2.51. The maximum atomic E-state index is 12.3. The van der Waals surface area contributed by atoms with Gasteiger partial charge in [0.15, 0.2) is 0 Å². The van der Waals surface area contributed by atoms with Crippen LogP contribution in [0.2, 0.25) is 0 Å². The van der Waals surface area contributed by atoms with Crippen molar-refractivity contribution in [2.45, 2.75) is 44.6 Å². The predicted octanol–water partition coefficient (Wildman–Crippen LogP) is 3.69. The average molecular weight is 395 g/mol. The first-order valence-electron chi connectivity index (χ1n) is 9.12. The molecule has 3 rings (SSSR count). The van der Waals surface area contributed by atoms with Gasteiger partial charge in [0.1, 0.15) is 5.75 Å². The van der Waals surface area contributed by atoms with Crippen LogP contribution in [0.15, 0.2) is 28.7 Å². The lowest BCUT2D eigenvalue weighted by molar-refractivity contribution is -0.133. The minimum absolute atomic E-state index is 0.277. The first-order chi connectivity index (χ1) is 11.7. The van der Waals surface area contributed by atoms with Gasteiger partial charge in [-0.25, -0.2) is 0 Å². The molecule has 4 nitrogen and oxygen atoms in total. The van der Waals surface area contributed by atoms with Gasteiger partial charge in [-0.2, -0.15) is 0 Å². The van der Waals surface area contributed by atoms with E-state index in [0.29, 0.717) is 13.0 Å². The maximum absolute atomic E-state index is 12.3. The third kappa shape index (κ3) is 4.96. The topological polar surface area (TPSA) is 32.8 Å². The normalized spacial score (nSPS) is 19.6. The molecule has 1 aromatic carbocycles. The molecule has 24 heavy (non-hydrogen) atoms. The van der Waals surface area contributed by atoms with Crippen LogP contribution in [0.1, 0.15) is 38.5 Å². The van der Waals surface area contributed by atoms with E-state index < -0.39 is 0 Å². The summed E-state index contributed by atoms with van der Waals surface area (Å²) in [5.74, 6) is 1.13. The first-order valence-corrected chi connectivity index (χ1v) is 9.92. The summed E-state index contributed by atoms with van der Waals surface area (Å²) in [6, 6.07) is 8.59. The van der Waals surface area contributed by atoms with Gasteiger partial charge in [-0.1, -0.05) is 34.8 Å². The minimum Gasteiger partial charge on any atom is -0.494 e. The number of halogens is 1. The van der Waals surface area contributed by atoms with E-state index in [2.05, 4.69) is 20.8 Å². The van der Waals surface area contributed by atoms with E-state index in [9.17, 15) is 4.79 Å². The van der Waals surface area contributed by atoms with E-state index in [-0.39, 0.29) is 5.91 Å². The summed E-state index contributed by atoms with van der Waals surface area (Å²) in [5.41, 5.74) is 0. The van der Waals surface area contributed by atoms with Crippen molar-refractivity contribution >= 4 is 21.8 Å². The fraction of sp³-hybridized carbons (Fsp3) is 0.632. The molecule has 0 atom stereocenters. The molecule has 0 spiro atoms. The molecule has 0 radical (unpaired) electrons. The Morgan fingerprint density at radius 1 is 1.17 bits per heavy atom. The number of ether oxygens (including phenoxy) is 1. The van der Waals surface area contributed by atoms with Gasteiger partial charge < -0.3 is 9.64 Å². The van der Waals surface area contributed by atoms with Gasteiger partial charge in [-0.15, -0.1) is 0 Å². The fourth-order valence-corrected chi connectivity index (χ4v) is 4.11. The Kier molecular flexibility index (Phi) is 6.55. The van der Waals surface area contributed by atoms with E-state index >= 15 is 0 Å². The van der Waals surface area contributed by atoms with Gasteiger partial charge in [-0.05, 0) is 37.5 Å². The zero-order valence-electron chi connectivity index (χ0n) is 14.3. The Morgan fingerprint density at radius 2 is 1.92 bits per heavy atom. The van der Waals surface area contributed by atoms with E-state index in [0.717, 1.165) is 48.9 Å². The molecule has 0 unspecified atom stereocenters. The molecule has 1 aliphatic heterocycles. The summed E-state index contributed by atoms with van der Waals surface area (Å²) >= 11 is 3.43. The molecular weight excluding hydrogens is 368 g/mol. The molecule has 0 bridgehead atoms. The molecule has 1 aromatic rings. The maximum Gasteiger partial charge on any atom is 0.222 e. The summed E-state index contributed by atoms with van der Waals surface area (Å²) in [6.45, 7) is 4.46. The second kappa shape index (κ2) is 8.86. The summed E-state index contributed by atoms with van der Waals surface area (Å²) in [4.78, 5) is 17.0. The zero-order chi connectivity index (χ0) is 16.8. The van der Waals surface area contributed by atoms with Crippen molar-refractivity contribution in [2.24, 2.45) is 0 Å². The number of piperazine rings is 1. The van der Waals surface area contributed by atoms with Gasteiger partial charge in [0, 0.05) is 43.1 Å². The van der Waals surface area contributed by atoms with Crippen LogP contribution in [0.25, 0.3) is 0 Å². The SMILES string of the molecule is O=C(CCCOc1cccc(Br)c1)N1CCN(C2CCCC2)CC1. The van der Waals surface area contributed by atoms with Crippen LogP contribution in [0, 0.1) is 0 Å². The number of carbonyl (C=O) groups excluding carboxylic acids is 1. The van der Waals surface area contributed by atoms with E-state index in [4.69, 9.17) is 4.74 Å². The highest BCUT2D eigenvalue weighted by molar-refractivity contribution is 9.10. The largest absolute Gasteiger partial charge is 0.494 e. The summed E-state index contributed by atoms with van der Waals surface area (Å²) in [7, 11) is 0. The minimum atomic E-state index is 0.277. The second-order valence-corrected chi connectivity index (χ2v) is 7.68. The van der Waals surface area contributed by atoms with Gasteiger partial charge in [0.25, 0.3) is 0 Å². The van der Waals surface area contributed by atoms with Crippen molar-refractivity contribution in [3.05, 3.63) is 28.7 Å². The molecular formula is C19H27BrN2O2. The number of carbonyl (C=O) groups is 1. The van der Waals surface area contributed by atoms with Gasteiger partial charge in [-0.3, -0.25) is 9.69 Å². The molecule has 5 heteroatoms. The van der Waals surface area contributed by atoms with Crippen molar-refractivity contribution in [3.63, 3.8) is 0 Å². The highest BCUT2D eigenvalue weighted by Gasteiger charge is 2.27. The predicted molar refractivity (Wildman–Crippen MR) is 99.3 cm³/mol. The Morgan fingerprint density at radius 3 is 2.62 bits per heavy atom. The monoisotopic (exact) mass is 394 g/mol. The highest BCUT2D eigenvalue weighted by Crippen LogP contribution is 2.24. The number of amides is 1. The van der Waals surface area contributed by atoms with Crippen LogP contribution in [0.4, 0.5) is 0 Å². The molecule has 1 saturated carbocycles. The first kappa shape index (κ1) is 17.7. The summed E-state index contributed by atoms with van der Waals surface area (Å²) in [5, 5.41) is 0. The molecule has 1 heterocycles. The molecule has 2 aliphatic rings. The lowest BCUT2D eigenvalue weighted by atomic mass is 10.1. The standard InChI is InChI=1S/C19H27BrN2O2/c20-16-5-3-8-18(15-16)24-14-4-9-19(23)22-12-10-21(11-13-22)17-6-1-2-7-17/h3,5,8,15,17H,1-2,4,6-7,9-14H2. The lowest BCUT2D eigenvalue weighted by Gasteiger charge is -2.38. The van der Waals surface area contributed by atoms with Crippen molar-refractivity contribution in [1.82, 2.24) is 9.80 Å². The highest BCUT2D eigenvalue weighted by atomic mass is 79.9. The number of hydrogen-bond donors (Lipinski definition) is 0. The molecule has 1 amide bonds. The Hall–Kier alpha value is -1.07. The Bertz CT molecular complexity index is 538. The van der Waals surface area contributed by atoms with Crippen molar-refractivity contribution in [3.8, 4) is 5.75 Å². The molecule has 0 aromatic heterocycles. The molecule has 0 N–H and O–H groups in total. The number of hydrogen-bond acceptors (Lipinski definition) is 3. The van der Waals surface area contributed by atoms with Crippen LogP contribution in [0.5, 0.6) is 5.75 Å². The second-order valence-electron chi connectivity index (χ2n) is 6.76. The Balaban J connectivity index is 1.32. The molecule has 1 aliphatic carbocycles. The van der Waals surface area contributed by atoms with Gasteiger partial charge in [0.05, 0.1) is 6.61 Å². The smallest absolute Gasteiger partial charge is 0.222 e. The Labute approximate surface area is 153 Å². The molecule has 1 saturated heterocycles. The molecule has 2 fully saturated rings. The summed E-state index contributed by atoms with van der Waals surface area (Å²) in [6.07, 6.45) is 6.80. The van der Waals surface area contributed by atoms with Crippen LogP contribution in [0.3, 0.4) is 0 Å². The zero-order valence-corrected chi connectivity index (χ0v) is 15.8. The average Bonchev–Trinajstić information content (AvgIpc) is 3.13. The third-order valence-corrected chi connectivity index (χ3v) is 5.60. The fourth-order valence-electron chi connectivity index (χ4n) is 3.73. The van der Waals surface area contributed by atoms with Crippen LogP contribution < -0.4 is 4.74 Å². The quantitative estimate of drug-likeness (QED) is 0.689. The van der Waals surface area contributed by atoms with Crippen molar-refractivity contribution < 1.29 is 9.53 Å². The van der Waals surface area contributed by atoms with Crippen LogP contribution in [-0.2, 0) is 4.79 Å². The summed E-state index contributed by atoms with van der Waals surface area (Å²) < 4.78 is 6.71. The molecule has 132 valence electrons. The third-order valence-electron chi connectivity index (χ3n) is 5.11. The number of benzene rings is 1.